The number of halogens is 5. The van der Waals surface area contributed by atoms with Crippen molar-refractivity contribution in [2.75, 3.05) is 45.3 Å². The predicted octanol–water partition coefficient (Wildman–Crippen LogP) is 7.44. The van der Waals surface area contributed by atoms with E-state index in [1.807, 2.05) is 57.2 Å². The monoisotopic (exact) mass is 766 g/mol. The minimum atomic E-state index is -4.38. The first-order valence-corrected chi connectivity index (χ1v) is 17.3. The number of hydrogen-bond acceptors (Lipinski definition) is 8. The normalized spacial score (nSPS) is 15.9. The van der Waals surface area contributed by atoms with E-state index in [2.05, 4.69) is 21.1 Å². The van der Waals surface area contributed by atoms with Crippen LogP contribution >= 0.6 is 11.6 Å². The molecule has 2 N–H and O–H groups in total. The average molecular weight is 767 g/mol. The number of ether oxygens (including phenoxy) is 4. The topological polar surface area (TPSA) is 128 Å². The van der Waals surface area contributed by atoms with Crippen molar-refractivity contribution in [1.82, 2.24) is 15.2 Å². The SMILES string of the molecule is CC(C)(C)OC(=O)N1CCO[C@H](CCc2c(F)cncc2NC(=O)C[C@@H](c2ccc(Cl)cc2)c2ccc3c(c2)CCO3)C1.COC(=O)NCC(F)(F)F. The number of carbonyl (C=O) groups excluding carboxylic acids is 3. The highest BCUT2D eigenvalue weighted by molar-refractivity contribution is 6.30. The van der Waals surface area contributed by atoms with Crippen molar-refractivity contribution in [2.45, 2.75) is 70.3 Å². The smallest absolute Gasteiger partial charge is 0.410 e. The van der Waals surface area contributed by atoms with Crippen LogP contribution in [0.3, 0.4) is 0 Å². The Morgan fingerprint density at radius 1 is 1.06 bits per heavy atom. The molecule has 11 nitrogen and oxygen atoms in total. The standard InChI is InChI=1S/C33H37ClFN3O5.C4H6F3NO2/c1-33(2,3)43-32(40)38-13-15-41-25(20-38)9-10-26-28(35)18-36-19-29(26)37-31(39)17-27(21-4-7-24(34)8-5-21)22-6-11-30-23(16-22)12-14-42-30;1-10-3(9)8-2-4(5,6)7/h4-8,11,16,18-19,25,27H,9-10,12-15,17,20H2,1-3H3,(H,37,39);2H2,1H3,(H,8,9)/t25-,27+;/m1./s1. The third-order valence-corrected chi connectivity index (χ3v) is 8.43. The number of fused-ring (bicyclic) bond motifs is 1. The van der Waals surface area contributed by atoms with Crippen LogP contribution in [0.2, 0.25) is 5.02 Å². The van der Waals surface area contributed by atoms with E-state index in [0.717, 1.165) is 42.2 Å². The molecule has 0 unspecified atom stereocenters. The molecule has 3 heterocycles. The second-order valence-electron chi connectivity index (χ2n) is 13.4. The number of alkyl carbamates (subject to hydrolysis) is 1. The van der Waals surface area contributed by atoms with Crippen molar-refractivity contribution < 1.29 is 50.9 Å². The van der Waals surface area contributed by atoms with Gasteiger partial charge in [-0.05, 0) is 68.5 Å². The fraction of sp³-hybridized carbons (Fsp3) is 0.459. The van der Waals surface area contributed by atoms with Crippen molar-refractivity contribution >= 4 is 35.4 Å². The molecule has 3 aromatic rings. The van der Waals surface area contributed by atoms with Gasteiger partial charge in [-0.25, -0.2) is 14.0 Å². The first-order chi connectivity index (χ1) is 25.0. The summed E-state index contributed by atoms with van der Waals surface area (Å²) in [4.78, 5) is 41.7. The molecule has 288 valence electrons. The van der Waals surface area contributed by atoms with Crippen LogP contribution < -0.4 is 15.4 Å². The van der Waals surface area contributed by atoms with E-state index in [0.29, 0.717) is 55.4 Å². The van der Waals surface area contributed by atoms with Gasteiger partial charge in [-0.3, -0.25) is 9.78 Å². The highest BCUT2D eigenvalue weighted by Crippen LogP contribution is 2.35. The molecule has 1 aromatic heterocycles. The summed E-state index contributed by atoms with van der Waals surface area (Å²) < 4.78 is 69.8. The number of carbonyl (C=O) groups is 3. The van der Waals surface area contributed by atoms with Crippen molar-refractivity contribution in [3.05, 3.63) is 88.0 Å². The number of morpholine rings is 1. The van der Waals surface area contributed by atoms with Crippen LogP contribution in [-0.4, -0.2) is 85.8 Å². The Morgan fingerprint density at radius 2 is 1.77 bits per heavy atom. The van der Waals surface area contributed by atoms with Gasteiger partial charge in [0, 0.05) is 35.9 Å². The Labute approximate surface area is 310 Å². The Balaban J connectivity index is 0.000000550. The number of rotatable bonds is 9. The number of aromatic nitrogens is 1. The molecule has 0 saturated carbocycles. The third kappa shape index (κ3) is 13.1. The van der Waals surface area contributed by atoms with Gasteiger partial charge in [-0.2, -0.15) is 13.2 Å². The summed E-state index contributed by atoms with van der Waals surface area (Å²) in [5.41, 5.74) is 3.12. The number of nitrogens with zero attached hydrogens (tertiary/aromatic N) is 2. The van der Waals surface area contributed by atoms with E-state index in [9.17, 15) is 27.6 Å². The number of methoxy groups -OCH3 is 1. The highest BCUT2D eigenvalue weighted by Gasteiger charge is 2.29. The van der Waals surface area contributed by atoms with Gasteiger partial charge in [-0.1, -0.05) is 35.9 Å². The molecule has 0 aliphatic carbocycles. The number of hydrogen-bond donors (Lipinski definition) is 2. The fourth-order valence-corrected chi connectivity index (χ4v) is 5.82. The van der Waals surface area contributed by atoms with Gasteiger partial charge >= 0.3 is 18.4 Å². The molecular weight excluding hydrogens is 724 g/mol. The summed E-state index contributed by atoms with van der Waals surface area (Å²) in [6.45, 7) is 5.90. The molecule has 16 heteroatoms. The lowest BCUT2D eigenvalue weighted by Gasteiger charge is -2.34. The predicted molar refractivity (Wildman–Crippen MR) is 189 cm³/mol. The highest BCUT2D eigenvalue weighted by atomic mass is 35.5. The fourth-order valence-electron chi connectivity index (χ4n) is 5.69. The van der Waals surface area contributed by atoms with E-state index in [1.54, 1.807) is 4.90 Å². The summed E-state index contributed by atoms with van der Waals surface area (Å²) >= 11 is 6.15. The first-order valence-electron chi connectivity index (χ1n) is 16.9. The van der Waals surface area contributed by atoms with Gasteiger partial charge in [0.15, 0.2) is 0 Å². The molecule has 0 bridgehead atoms. The molecule has 0 radical (unpaired) electrons. The van der Waals surface area contributed by atoms with Gasteiger partial charge in [0.25, 0.3) is 0 Å². The lowest BCUT2D eigenvalue weighted by molar-refractivity contribution is -0.123. The van der Waals surface area contributed by atoms with Crippen LogP contribution in [-0.2, 0) is 31.8 Å². The second kappa shape index (κ2) is 18.4. The summed E-state index contributed by atoms with van der Waals surface area (Å²) in [6.07, 6.45) is -1.85. The van der Waals surface area contributed by atoms with Crippen molar-refractivity contribution in [3.8, 4) is 5.75 Å². The van der Waals surface area contributed by atoms with E-state index in [4.69, 9.17) is 25.8 Å². The lowest BCUT2D eigenvalue weighted by atomic mass is 9.87. The van der Waals surface area contributed by atoms with Gasteiger partial charge < -0.3 is 34.5 Å². The number of nitrogens with one attached hydrogen (secondary N) is 2. The third-order valence-electron chi connectivity index (χ3n) is 8.18. The molecule has 2 aliphatic rings. The summed E-state index contributed by atoms with van der Waals surface area (Å²) in [6, 6.07) is 13.5. The number of alkyl halides is 3. The van der Waals surface area contributed by atoms with Crippen LogP contribution in [0.25, 0.3) is 0 Å². The zero-order chi connectivity index (χ0) is 38.8. The number of anilines is 1. The Morgan fingerprint density at radius 3 is 2.45 bits per heavy atom. The molecule has 1 fully saturated rings. The summed E-state index contributed by atoms with van der Waals surface area (Å²) in [5.74, 6) is -0.154. The van der Waals surface area contributed by atoms with Crippen LogP contribution in [0.15, 0.2) is 54.9 Å². The zero-order valence-electron chi connectivity index (χ0n) is 29.9. The van der Waals surface area contributed by atoms with Gasteiger partial charge in [-0.15, -0.1) is 0 Å². The Hall–Kier alpha value is -4.63. The van der Waals surface area contributed by atoms with Crippen LogP contribution in [0, 0.1) is 5.82 Å². The Kier molecular flexibility index (Phi) is 14.3. The summed E-state index contributed by atoms with van der Waals surface area (Å²) in [7, 11) is 0.992. The average Bonchev–Trinajstić information content (AvgIpc) is 3.57. The van der Waals surface area contributed by atoms with E-state index in [-0.39, 0.29) is 24.3 Å². The number of benzene rings is 2. The quantitative estimate of drug-likeness (QED) is 0.215. The lowest BCUT2D eigenvalue weighted by Crippen LogP contribution is -2.47. The van der Waals surface area contributed by atoms with Crippen LogP contribution in [0.4, 0.5) is 32.8 Å². The van der Waals surface area contributed by atoms with Gasteiger partial charge in [0.1, 0.15) is 23.7 Å². The van der Waals surface area contributed by atoms with E-state index < -0.39 is 36.3 Å². The van der Waals surface area contributed by atoms with E-state index >= 15 is 4.39 Å². The maximum atomic E-state index is 15.0. The molecule has 5 rings (SSSR count). The van der Waals surface area contributed by atoms with Crippen LogP contribution in [0.5, 0.6) is 5.75 Å². The van der Waals surface area contributed by atoms with Crippen molar-refractivity contribution in [2.24, 2.45) is 0 Å². The van der Waals surface area contributed by atoms with Crippen molar-refractivity contribution in [1.29, 1.82) is 0 Å². The maximum absolute atomic E-state index is 15.0. The van der Waals surface area contributed by atoms with Crippen molar-refractivity contribution in [3.63, 3.8) is 0 Å². The number of amides is 3. The molecule has 0 spiro atoms. The van der Waals surface area contributed by atoms with Gasteiger partial charge in [0.2, 0.25) is 5.91 Å². The van der Waals surface area contributed by atoms with E-state index in [1.165, 1.54) is 11.5 Å². The molecular formula is C37H43ClF4N4O7. The number of pyridine rings is 1. The summed E-state index contributed by atoms with van der Waals surface area (Å²) in [5, 5.41) is 5.01. The first kappa shape index (κ1) is 41.1. The molecule has 2 atom stereocenters. The minimum absolute atomic E-state index is 0.133. The molecule has 1 saturated heterocycles. The maximum Gasteiger partial charge on any atom is 0.410 e. The van der Waals surface area contributed by atoms with Gasteiger partial charge in [0.05, 0.1) is 51.1 Å². The molecule has 2 aromatic carbocycles. The van der Waals surface area contributed by atoms with Crippen LogP contribution in [0.1, 0.15) is 61.8 Å². The minimum Gasteiger partial charge on any atom is -0.493 e. The molecule has 53 heavy (non-hydrogen) atoms. The second-order valence-corrected chi connectivity index (χ2v) is 13.8. The molecule has 2 aliphatic heterocycles. The Bertz CT molecular complexity index is 1720. The molecule has 3 amide bonds. The largest absolute Gasteiger partial charge is 0.493 e. The zero-order valence-corrected chi connectivity index (χ0v) is 30.6.